The summed E-state index contributed by atoms with van der Waals surface area (Å²) in [6, 6.07) is 4.01. The van der Waals surface area contributed by atoms with Crippen LogP contribution >= 0.6 is 0 Å². The van der Waals surface area contributed by atoms with Gasteiger partial charge in [0.05, 0.1) is 30.4 Å². The van der Waals surface area contributed by atoms with Crippen molar-refractivity contribution in [1.82, 2.24) is 16.0 Å². The van der Waals surface area contributed by atoms with Gasteiger partial charge in [0.2, 0.25) is 11.8 Å². The summed E-state index contributed by atoms with van der Waals surface area (Å²) in [5.41, 5.74) is 0.995. The van der Waals surface area contributed by atoms with Gasteiger partial charge in [0.25, 0.3) is 0 Å². The molecule has 3 N–H and O–H groups in total. The van der Waals surface area contributed by atoms with E-state index >= 15 is 0 Å². The number of nitrogens with one attached hydrogen (secondary N) is 3. The van der Waals surface area contributed by atoms with Crippen LogP contribution in [0.3, 0.4) is 0 Å². The van der Waals surface area contributed by atoms with Gasteiger partial charge in [0.1, 0.15) is 6.17 Å². The molecule has 6 unspecified atom stereocenters. The molecule has 1 saturated heterocycles. The number of rotatable bonds is 4. The summed E-state index contributed by atoms with van der Waals surface area (Å²) in [5.74, 6) is -1.75. The number of alkyl halides is 1. The molecule has 156 valence electrons. The van der Waals surface area contributed by atoms with Gasteiger partial charge < -0.3 is 16.0 Å². The van der Waals surface area contributed by atoms with Crippen LogP contribution < -0.4 is 16.0 Å². The highest BCUT2D eigenvalue weighted by atomic mass is 19.1. The van der Waals surface area contributed by atoms with Crippen molar-refractivity contribution >= 4 is 11.8 Å². The zero-order valence-corrected chi connectivity index (χ0v) is 16.9. The third-order valence-electron chi connectivity index (χ3n) is 6.64. The molecule has 3 aliphatic rings. The molecule has 0 bridgehead atoms. The molecule has 0 spiro atoms. The SMILES string of the molecule is CC1=C(CC(=O)N[C@H](C)C2CCC(C#N)CN2)C(=O)NC2CCC(F)C(C#N)C12. The third kappa shape index (κ3) is 4.43. The Kier molecular flexibility index (Phi) is 6.54. The maximum atomic E-state index is 14.2. The van der Waals surface area contributed by atoms with E-state index in [2.05, 4.69) is 28.1 Å². The topological polar surface area (TPSA) is 118 Å². The Labute approximate surface area is 170 Å². The van der Waals surface area contributed by atoms with E-state index in [9.17, 15) is 19.2 Å². The number of halogens is 1. The highest BCUT2D eigenvalue weighted by Gasteiger charge is 2.45. The van der Waals surface area contributed by atoms with Crippen molar-refractivity contribution in [2.45, 2.75) is 70.2 Å². The van der Waals surface area contributed by atoms with Crippen LogP contribution in [0.1, 0.15) is 46.0 Å². The van der Waals surface area contributed by atoms with E-state index in [1.165, 1.54) is 0 Å². The molecule has 0 aromatic carbocycles. The van der Waals surface area contributed by atoms with E-state index in [1.54, 1.807) is 6.92 Å². The fourth-order valence-corrected chi connectivity index (χ4v) is 4.90. The van der Waals surface area contributed by atoms with Crippen LogP contribution in [0.15, 0.2) is 11.1 Å². The summed E-state index contributed by atoms with van der Waals surface area (Å²) >= 11 is 0. The molecule has 1 aliphatic carbocycles. The molecule has 7 nitrogen and oxygen atoms in total. The first-order valence-electron chi connectivity index (χ1n) is 10.3. The number of hydrogen-bond acceptors (Lipinski definition) is 5. The Hall–Kier alpha value is -2.45. The van der Waals surface area contributed by atoms with Gasteiger partial charge >= 0.3 is 0 Å². The Morgan fingerprint density at radius 1 is 1.28 bits per heavy atom. The Morgan fingerprint density at radius 3 is 2.66 bits per heavy atom. The standard InChI is InChI=1S/C21H28FN5O2/c1-11-14(21(29)27-18-6-4-16(22)15(9-24)20(11)18)7-19(28)26-12(2)17-5-3-13(8-23)10-25-17/h12-13,15-18,20,25H,3-7,10H2,1-2H3,(H,26,28)(H,27,29)/t12-,13?,15?,16?,17?,18?,20?/m1/s1. The molecule has 0 aromatic heterocycles. The Balaban J connectivity index is 1.66. The maximum absolute atomic E-state index is 14.2. The van der Waals surface area contributed by atoms with Gasteiger partial charge in [0, 0.05) is 36.2 Å². The molecular formula is C21H28FN5O2. The number of nitriles is 2. The second-order valence-corrected chi connectivity index (χ2v) is 8.47. The van der Waals surface area contributed by atoms with Crippen molar-refractivity contribution < 1.29 is 14.0 Å². The van der Waals surface area contributed by atoms with Gasteiger partial charge in [-0.1, -0.05) is 5.57 Å². The number of fused-ring (bicyclic) bond motifs is 1. The summed E-state index contributed by atoms with van der Waals surface area (Å²) in [6.07, 6.45) is 1.06. The minimum atomic E-state index is -1.21. The minimum Gasteiger partial charge on any atom is -0.352 e. The molecule has 0 radical (unpaired) electrons. The largest absolute Gasteiger partial charge is 0.352 e. The van der Waals surface area contributed by atoms with Gasteiger partial charge in [-0.2, -0.15) is 10.5 Å². The van der Waals surface area contributed by atoms with Gasteiger partial charge in [-0.15, -0.1) is 0 Å². The Bertz CT molecular complexity index is 775. The van der Waals surface area contributed by atoms with E-state index in [0.29, 0.717) is 24.1 Å². The molecule has 3 rings (SSSR count). The minimum absolute atomic E-state index is 0.00346. The number of piperidine rings is 1. The van der Waals surface area contributed by atoms with Crippen LogP contribution in [-0.4, -0.2) is 42.7 Å². The van der Waals surface area contributed by atoms with Crippen molar-refractivity contribution in [3.8, 4) is 12.1 Å². The van der Waals surface area contributed by atoms with Gasteiger partial charge in [-0.25, -0.2) is 4.39 Å². The molecule has 8 heteroatoms. The first kappa shape index (κ1) is 21.3. The fourth-order valence-electron chi connectivity index (χ4n) is 4.90. The van der Waals surface area contributed by atoms with Crippen molar-refractivity contribution in [1.29, 1.82) is 10.5 Å². The van der Waals surface area contributed by atoms with E-state index in [-0.39, 0.29) is 54.6 Å². The summed E-state index contributed by atoms with van der Waals surface area (Å²) in [4.78, 5) is 25.2. The zero-order valence-electron chi connectivity index (χ0n) is 16.9. The summed E-state index contributed by atoms with van der Waals surface area (Å²) < 4.78 is 14.2. The van der Waals surface area contributed by atoms with Crippen LogP contribution in [0.5, 0.6) is 0 Å². The lowest BCUT2D eigenvalue weighted by Gasteiger charge is -2.42. The number of carbonyl (C=O) groups is 2. The molecule has 0 aromatic rings. The predicted molar refractivity (Wildman–Crippen MR) is 104 cm³/mol. The van der Waals surface area contributed by atoms with Gasteiger partial charge in [0.15, 0.2) is 0 Å². The second-order valence-electron chi connectivity index (χ2n) is 8.47. The van der Waals surface area contributed by atoms with Crippen LogP contribution in [0, 0.1) is 40.4 Å². The molecule has 1 saturated carbocycles. The van der Waals surface area contributed by atoms with Crippen LogP contribution in [-0.2, 0) is 9.59 Å². The lowest BCUT2D eigenvalue weighted by molar-refractivity contribution is -0.125. The monoisotopic (exact) mass is 401 g/mol. The van der Waals surface area contributed by atoms with Crippen molar-refractivity contribution in [2.75, 3.05) is 6.54 Å². The molecule has 2 aliphatic heterocycles. The summed E-state index contributed by atoms with van der Waals surface area (Å²) in [5, 5.41) is 27.5. The highest BCUT2D eigenvalue weighted by molar-refractivity contribution is 6.00. The first-order chi connectivity index (χ1) is 13.8. The quantitative estimate of drug-likeness (QED) is 0.659. The summed E-state index contributed by atoms with van der Waals surface area (Å²) in [7, 11) is 0. The van der Waals surface area contributed by atoms with Gasteiger partial charge in [-0.3, -0.25) is 9.59 Å². The maximum Gasteiger partial charge on any atom is 0.247 e. The highest BCUT2D eigenvalue weighted by Crippen LogP contribution is 2.40. The van der Waals surface area contributed by atoms with E-state index in [1.807, 2.05) is 6.92 Å². The molecule has 7 atom stereocenters. The number of amides is 2. The normalized spacial score (nSPS) is 35.6. The first-order valence-corrected chi connectivity index (χ1v) is 10.3. The smallest absolute Gasteiger partial charge is 0.247 e. The van der Waals surface area contributed by atoms with E-state index < -0.39 is 12.1 Å². The average Bonchev–Trinajstić information content (AvgIpc) is 2.71. The Morgan fingerprint density at radius 2 is 2.03 bits per heavy atom. The molecule has 2 fully saturated rings. The average molecular weight is 401 g/mol. The van der Waals surface area contributed by atoms with Crippen molar-refractivity contribution in [3.05, 3.63) is 11.1 Å². The molecule has 2 amide bonds. The predicted octanol–water partition coefficient (Wildman–Crippen LogP) is 1.48. The number of carbonyl (C=O) groups excluding carboxylic acids is 2. The number of hydrogen-bond donors (Lipinski definition) is 3. The second kappa shape index (κ2) is 8.92. The van der Waals surface area contributed by atoms with Crippen molar-refractivity contribution in [3.63, 3.8) is 0 Å². The third-order valence-corrected chi connectivity index (χ3v) is 6.64. The van der Waals surface area contributed by atoms with Crippen LogP contribution in [0.4, 0.5) is 4.39 Å². The van der Waals surface area contributed by atoms with Crippen molar-refractivity contribution in [2.24, 2.45) is 17.8 Å². The molecule has 2 heterocycles. The zero-order chi connectivity index (χ0) is 21.1. The van der Waals surface area contributed by atoms with Crippen LogP contribution in [0.2, 0.25) is 0 Å². The lowest BCUT2D eigenvalue weighted by atomic mass is 9.69. The number of nitrogens with zero attached hydrogens (tertiary/aromatic N) is 2. The molecular weight excluding hydrogens is 373 g/mol. The van der Waals surface area contributed by atoms with E-state index in [0.717, 1.165) is 12.8 Å². The lowest BCUT2D eigenvalue weighted by Crippen LogP contribution is -2.54. The summed E-state index contributed by atoms with van der Waals surface area (Å²) in [6.45, 7) is 4.26. The molecule has 29 heavy (non-hydrogen) atoms. The van der Waals surface area contributed by atoms with Crippen LogP contribution in [0.25, 0.3) is 0 Å². The van der Waals surface area contributed by atoms with Gasteiger partial charge in [-0.05, 0) is 39.5 Å². The fraction of sp³-hybridized carbons (Fsp3) is 0.714. The van der Waals surface area contributed by atoms with E-state index in [4.69, 9.17) is 5.26 Å².